The molecule has 0 spiro atoms. The molecule has 0 saturated carbocycles. The Morgan fingerprint density at radius 3 is 2.18 bits per heavy atom. The number of alkyl carbamates (subject to hydrolysis) is 1. The quantitative estimate of drug-likeness (QED) is 0.336. The molecule has 0 radical (unpaired) electrons. The van der Waals surface area contributed by atoms with Crippen LogP contribution in [0.25, 0.3) is 0 Å². The van der Waals surface area contributed by atoms with Gasteiger partial charge >= 0.3 is 12.1 Å². The third-order valence-electron chi connectivity index (χ3n) is 5.62. The Morgan fingerprint density at radius 1 is 1.03 bits per heavy atom. The van der Waals surface area contributed by atoms with Crippen molar-refractivity contribution in [3.05, 3.63) is 35.4 Å². The van der Waals surface area contributed by atoms with E-state index < -0.39 is 35.7 Å². The highest BCUT2D eigenvalue weighted by molar-refractivity contribution is 5.92. The maximum Gasteiger partial charge on any atom is 0.408 e. The molecule has 0 aromatic heterocycles. The van der Waals surface area contributed by atoms with Crippen LogP contribution in [0.15, 0.2) is 24.3 Å². The lowest BCUT2D eigenvalue weighted by Gasteiger charge is -2.35. The second-order valence-corrected chi connectivity index (χ2v) is 10.9. The Morgan fingerprint density at radius 2 is 1.66 bits per heavy atom. The first kappa shape index (κ1) is 32.9. The minimum atomic E-state index is -0.938. The molecule has 0 heterocycles. The van der Waals surface area contributed by atoms with Gasteiger partial charge in [-0.15, -0.1) is 0 Å². The zero-order valence-electron chi connectivity index (χ0n) is 24.4. The zero-order chi connectivity index (χ0) is 28.9. The van der Waals surface area contributed by atoms with Crippen molar-refractivity contribution in [3.63, 3.8) is 0 Å². The molecule has 0 aliphatic carbocycles. The van der Waals surface area contributed by atoms with Gasteiger partial charge in [0.15, 0.2) is 0 Å². The van der Waals surface area contributed by atoms with Crippen LogP contribution in [0.4, 0.5) is 4.79 Å². The average Bonchev–Trinajstić information content (AvgIpc) is 2.80. The van der Waals surface area contributed by atoms with Gasteiger partial charge in [0, 0.05) is 13.1 Å². The summed E-state index contributed by atoms with van der Waals surface area (Å²) in [6, 6.07) is 5.63. The summed E-state index contributed by atoms with van der Waals surface area (Å²) in [5.41, 5.74) is 0.945. The van der Waals surface area contributed by atoms with Crippen LogP contribution < -0.4 is 10.6 Å². The molecule has 1 aromatic rings. The van der Waals surface area contributed by atoms with Crippen LogP contribution in [0.2, 0.25) is 0 Å². The molecule has 0 aliphatic rings. The van der Waals surface area contributed by atoms with Crippen molar-refractivity contribution in [2.24, 2.45) is 5.92 Å². The number of hydrogen-bond donors (Lipinski definition) is 2. The predicted octanol–water partition coefficient (Wildman–Crippen LogP) is 4.67. The molecule has 0 saturated heterocycles. The summed E-state index contributed by atoms with van der Waals surface area (Å²) in [7, 11) is 0. The fourth-order valence-corrected chi connectivity index (χ4v) is 3.88. The number of unbranched alkanes of at least 4 members (excludes halogenated alkanes) is 1. The molecule has 3 amide bonds. The van der Waals surface area contributed by atoms with E-state index in [2.05, 4.69) is 10.6 Å². The van der Waals surface area contributed by atoms with Crippen molar-refractivity contribution in [1.82, 2.24) is 15.5 Å². The molecule has 0 fully saturated rings. The van der Waals surface area contributed by atoms with E-state index >= 15 is 0 Å². The number of carbonyl (C=O) groups excluding carboxylic acids is 4. The van der Waals surface area contributed by atoms with Gasteiger partial charge in [-0.25, -0.2) is 4.79 Å². The zero-order valence-corrected chi connectivity index (χ0v) is 24.4. The highest BCUT2D eigenvalue weighted by Crippen LogP contribution is 2.25. The number of benzene rings is 1. The van der Waals surface area contributed by atoms with Crippen LogP contribution in [-0.2, 0) is 23.9 Å². The second-order valence-electron chi connectivity index (χ2n) is 10.9. The number of amides is 3. The van der Waals surface area contributed by atoms with Crippen molar-refractivity contribution in [2.75, 3.05) is 19.7 Å². The van der Waals surface area contributed by atoms with Gasteiger partial charge < -0.3 is 25.0 Å². The predicted molar refractivity (Wildman–Crippen MR) is 147 cm³/mol. The lowest BCUT2D eigenvalue weighted by atomic mass is 9.98. The number of ether oxygens (including phenoxy) is 2. The van der Waals surface area contributed by atoms with E-state index in [1.54, 1.807) is 27.7 Å². The average molecular weight is 534 g/mol. The highest BCUT2D eigenvalue weighted by Gasteiger charge is 2.36. The molecule has 9 nitrogen and oxygen atoms in total. The maximum absolute atomic E-state index is 14.0. The normalized spacial score (nSPS) is 12.9. The molecule has 2 unspecified atom stereocenters. The summed E-state index contributed by atoms with van der Waals surface area (Å²) < 4.78 is 10.4. The number of hydrogen-bond acceptors (Lipinski definition) is 6. The number of carbonyl (C=O) groups is 4. The number of rotatable bonds is 14. The largest absolute Gasteiger partial charge is 0.466 e. The van der Waals surface area contributed by atoms with Crippen molar-refractivity contribution in [1.29, 1.82) is 0 Å². The molecule has 1 aromatic carbocycles. The molecule has 0 bridgehead atoms. The molecule has 1 rings (SSSR count). The van der Waals surface area contributed by atoms with Crippen LogP contribution in [0.5, 0.6) is 0 Å². The van der Waals surface area contributed by atoms with Crippen molar-refractivity contribution in [3.8, 4) is 0 Å². The van der Waals surface area contributed by atoms with Gasteiger partial charge in [0.2, 0.25) is 11.8 Å². The molecule has 2 N–H and O–H groups in total. The summed E-state index contributed by atoms with van der Waals surface area (Å²) in [5.74, 6) is -1.06. The SMILES string of the molecule is CCCCN(C(=O)C(CC(C)C)NC(=O)OC(C)(C)C)C(C(=O)NCCC(=O)OCC)c1ccc(C)cc1. The number of esters is 1. The highest BCUT2D eigenvalue weighted by atomic mass is 16.6. The van der Waals surface area contributed by atoms with Gasteiger partial charge in [0.25, 0.3) is 0 Å². The van der Waals surface area contributed by atoms with E-state index in [-0.39, 0.29) is 31.4 Å². The standard InChI is InChI=1S/C29H47N3O6/c1-9-11-18-32(27(35)23(19-20(3)4)31-28(36)38-29(6,7)8)25(22-14-12-21(5)13-15-22)26(34)30-17-16-24(33)37-10-2/h12-15,20,23,25H,9-11,16-19H2,1-8H3,(H,30,34)(H,31,36). The van der Waals surface area contributed by atoms with Crippen LogP contribution >= 0.6 is 0 Å². The lowest BCUT2D eigenvalue weighted by molar-refractivity contribution is -0.144. The Bertz CT molecular complexity index is 908. The van der Waals surface area contributed by atoms with Gasteiger partial charge in [0.05, 0.1) is 13.0 Å². The summed E-state index contributed by atoms with van der Waals surface area (Å²) >= 11 is 0. The van der Waals surface area contributed by atoms with Crippen LogP contribution in [-0.4, -0.2) is 60.1 Å². The molecular formula is C29H47N3O6. The first-order valence-electron chi connectivity index (χ1n) is 13.6. The fraction of sp³-hybridized carbons (Fsp3) is 0.655. The van der Waals surface area contributed by atoms with Gasteiger partial charge in [-0.3, -0.25) is 14.4 Å². The smallest absolute Gasteiger partial charge is 0.408 e. The van der Waals surface area contributed by atoms with E-state index in [1.165, 1.54) is 4.90 Å². The number of nitrogens with one attached hydrogen (secondary N) is 2. The first-order chi connectivity index (χ1) is 17.8. The summed E-state index contributed by atoms with van der Waals surface area (Å²) in [4.78, 5) is 53.6. The van der Waals surface area contributed by atoms with Gasteiger partial charge in [-0.2, -0.15) is 0 Å². The Labute approximate surface area is 228 Å². The van der Waals surface area contributed by atoms with Gasteiger partial charge in [0.1, 0.15) is 17.7 Å². The monoisotopic (exact) mass is 533 g/mol. The molecule has 0 aliphatic heterocycles. The van der Waals surface area contributed by atoms with Crippen LogP contribution in [0.1, 0.15) is 91.3 Å². The van der Waals surface area contributed by atoms with Gasteiger partial charge in [-0.05, 0) is 58.9 Å². The van der Waals surface area contributed by atoms with Crippen molar-refractivity contribution in [2.45, 2.75) is 98.8 Å². The third kappa shape index (κ3) is 12.0. The summed E-state index contributed by atoms with van der Waals surface area (Å²) in [6.07, 6.45) is 1.21. The first-order valence-corrected chi connectivity index (χ1v) is 13.6. The molecular weight excluding hydrogens is 486 g/mol. The topological polar surface area (TPSA) is 114 Å². The third-order valence-corrected chi connectivity index (χ3v) is 5.62. The minimum absolute atomic E-state index is 0.0271. The maximum atomic E-state index is 14.0. The number of nitrogens with zero attached hydrogens (tertiary/aromatic N) is 1. The van der Waals surface area contributed by atoms with Crippen molar-refractivity contribution < 1.29 is 28.7 Å². The minimum Gasteiger partial charge on any atom is -0.466 e. The van der Waals surface area contributed by atoms with Gasteiger partial charge in [-0.1, -0.05) is 57.0 Å². The lowest BCUT2D eigenvalue weighted by Crippen LogP contribution is -2.53. The second kappa shape index (κ2) is 16.0. The Hall–Kier alpha value is -3.10. The van der Waals surface area contributed by atoms with E-state index in [9.17, 15) is 19.2 Å². The summed E-state index contributed by atoms with van der Waals surface area (Å²) in [6.45, 7) is 15.6. The fourth-order valence-electron chi connectivity index (χ4n) is 3.88. The molecule has 214 valence electrons. The Kier molecular flexibility index (Phi) is 13.9. The van der Waals surface area contributed by atoms with Crippen molar-refractivity contribution >= 4 is 23.9 Å². The van der Waals surface area contributed by atoms with E-state index in [4.69, 9.17) is 9.47 Å². The van der Waals surface area contributed by atoms with E-state index in [0.717, 1.165) is 12.0 Å². The molecule has 2 atom stereocenters. The summed E-state index contributed by atoms with van der Waals surface area (Å²) in [5, 5.41) is 5.55. The van der Waals surface area contributed by atoms with E-state index in [1.807, 2.05) is 52.0 Å². The van der Waals surface area contributed by atoms with Crippen LogP contribution in [0, 0.1) is 12.8 Å². The molecule has 38 heavy (non-hydrogen) atoms. The number of aryl methyl sites for hydroxylation is 1. The Balaban J connectivity index is 3.37. The van der Waals surface area contributed by atoms with E-state index in [0.29, 0.717) is 24.9 Å². The van der Waals surface area contributed by atoms with Crippen LogP contribution in [0.3, 0.4) is 0 Å². The molecule has 9 heteroatoms.